The second-order valence-electron chi connectivity index (χ2n) is 6.67. The van der Waals surface area contributed by atoms with Crippen molar-refractivity contribution in [3.05, 3.63) is 29.5 Å². The minimum absolute atomic E-state index is 0.299. The molecule has 2 N–H and O–H groups in total. The van der Waals surface area contributed by atoms with Gasteiger partial charge < -0.3 is 14.8 Å². The molecule has 0 aliphatic rings. The molecule has 0 aliphatic heterocycles. The van der Waals surface area contributed by atoms with Gasteiger partial charge in [0.25, 0.3) is 0 Å². The van der Waals surface area contributed by atoms with Crippen LogP contribution >= 0.6 is 0 Å². The van der Waals surface area contributed by atoms with E-state index >= 15 is 0 Å². The molecule has 1 amide bonds. The monoisotopic (exact) mass is 333 g/mol. The zero-order chi connectivity index (χ0) is 17.9. The number of aromatic nitrogens is 2. The molecular weight excluding hydrogens is 310 g/mol. The lowest BCUT2D eigenvalue weighted by atomic mass is 10.0. The van der Waals surface area contributed by atoms with Gasteiger partial charge in [-0.1, -0.05) is 6.07 Å². The van der Waals surface area contributed by atoms with E-state index in [1.807, 2.05) is 19.1 Å². The number of rotatable bonds is 4. The topological polar surface area (TPSA) is 93.3 Å². The summed E-state index contributed by atoms with van der Waals surface area (Å²) >= 11 is 0. The first-order chi connectivity index (χ1) is 11.2. The normalized spacial score (nSPS) is 12.7. The molecule has 0 saturated carbocycles. The number of aryl methyl sites for hydroxylation is 1. The van der Waals surface area contributed by atoms with Crippen molar-refractivity contribution in [2.45, 2.75) is 45.8 Å². The molecule has 7 heteroatoms. The second-order valence-corrected chi connectivity index (χ2v) is 6.67. The van der Waals surface area contributed by atoms with Gasteiger partial charge >= 0.3 is 12.1 Å². The molecule has 24 heavy (non-hydrogen) atoms. The Morgan fingerprint density at radius 3 is 2.67 bits per heavy atom. The van der Waals surface area contributed by atoms with Crippen LogP contribution in [0.3, 0.4) is 0 Å². The fourth-order valence-corrected chi connectivity index (χ4v) is 2.45. The van der Waals surface area contributed by atoms with Gasteiger partial charge in [-0.3, -0.25) is 5.10 Å². The summed E-state index contributed by atoms with van der Waals surface area (Å²) in [6.45, 7) is 7.24. The maximum Gasteiger partial charge on any atom is 0.408 e. The second kappa shape index (κ2) is 6.90. The van der Waals surface area contributed by atoms with Crippen LogP contribution in [-0.4, -0.2) is 41.0 Å². The number of ether oxygens (including phenoxy) is 2. The van der Waals surface area contributed by atoms with Crippen LogP contribution in [0.5, 0.6) is 0 Å². The quantitative estimate of drug-likeness (QED) is 0.839. The van der Waals surface area contributed by atoms with Crippen LogP contribution in [0.2, 0.25) is 0 Å². The van der Waals surface area contributed by atoms with Crippen molar-refractivity contribution >= 4 is 23.0 Å². The number of amides is 1. The Hall–Kier alpha value is -2.57. The third kappa shape index (κ3) is 4.47. The molecular formula is C17H23N3O4. The van der Waals surface area contributed by atoms with E-state index in [9.17, 15) is 9.59 Å². The summed E-state index contributed by atoms with van der Waals surface area (Å²) in [6.07, 6.45) is 1.37. The van der Waals surface area contributed by atoms with Crippen molar-refractivity contribution in [3.8, 4) is 0 Å². The van der Waals surface area contributed by atoms with E-state index in [1.165, 1.54) is 7.11 Å². The molecule has 1 heterocycles. The Balaban J connectivity index is 2.18. The number of H-pyrrole nitrogens is 1. The molecule has 2 aromatic rings. The van der Waals surface area contributed by atoms with Crippen molar-refractivity contribution in [2.75, 3.05) is 7.11 Å². The van der Waals surface area contributed by atoms with Crippen LogP contribution in [0.25, 0.3) is 10.9 Å². The number of methoxy groups -OCH3 is 1. The minimum Gasteiger partial charge on any atom is -0.467 e. The van der Waals surface area contributed by atoms with Crippen LogP contribution < -0.4 is 5.32 Å². The van der Waals surface area contributed by atoms with Gasteiger partial charge in [-0.2, -0.15) is 5.10 Å². The molecule has 0 bridgehead atoms. The van der Waals surface area contributed by atoms with Crippen molar-refractivity contribution in [3.63, 3.8) is 0 Å². The number of aromatic amines is 1. The Bertz CT molecular complexity index is 746. The first-order valence-corrected chi connectivity index (χ1v) is 7.69. The highest BCUT2D eigenvalue weighted by atomic mass is 16.6. The first-order valence-electron chi connectivity index (χ1n) is 7.69. The summed E-state index contributed by atoms with van der Waals surface area (Å²) < 4.78 is 10.00. The number of esters is 1. The van der Waals surface area contributed by atoms with Gasteiger partial charge in [-0.05, 0) is 44.9 Å². The average molecular weight is 333 g/mol. The Morgan fingerprint density at radius 2 is 2.04 bits per heavy atom. The van der Waals surface area contributed by atoms with E-state index in [-0.39, 0.29) is 0 Å². The van der Waals surface area contributed by atoms with E-state index in [1.54, 1.807) is 27.0 Å². The molecule has 0 radical (unpaired) electrons. The van der Waals surface area contributed by atoms with Gasteiger partial charge in [-0.15, -0.1) is 0 Å². The van der Waals surface area contributed by atoms with Crippen LogP contribution in [0, 0.1) is 6.92 Å². The molecule has 130 valence electrons. The van der Waals surface area contributed by atoms with Gasteiger partial charge in [-0.25, -0.2) is 9.59 Å². The van der Waals surface area contributed by atoms with Crippen molar-refractivity contribution < 1.29 is 19.1 Å². The van der Waals surface area contributed by atoms with Gasteiger partial charge in [0.1, 0.15) is 11.6 Å². The zero-order valence-corrected chi connectivity index (χ0v) is 14.6. The highest BCUT2D eigenvalue weighted by Gasteiger charge is 2.25. The van der Waals surface area contributed by atoms with E-state index in [0.29, 0.717) is 6.42 Å². The SMILES string of the molecule is COC(=O)[C@H](Cc1cc(C)c2[nH]ncc2c1)NC(=O)OC(C)(C)C. The van der Waals surface area contributed by atoms with E-state index < -0.39 is 23.7 Å². The number of carbonyl (C=O) groups is 2. The molecule has 0 unspecified atom stereocenters. The predicted molar refractivity (Wildman–Crippen MR) is 89.7 cm³/mol. The molecule has 0 fully saturated rings. The standard InChI is InChI=1S/C17H23N3O4/c1-10-6-11(7-12-9-18-20-14(10)12)8-13(15(21)23-5)19-16(22)24-17(2,3)4/h6-7,9,13H,8H2,1-5H3,(H,18,20)(H,19,22)/t13-/m0/s1. The summed E-state index contributed by atoms with van der Waals surface area (Å²) in [4.78, 5) is 24.0. The van der Waals surface area contributed by atoms with E-state index in [0.717, 1.165) is 22.0 Å². The van der Waals surface area contributed by atoms with Crippen molar-refractivity contribution in [2.24, 2.45) is 0 Å². The minimum atomic E-state index is -0.825. The maximum absolute atomic E-state index is 12.0. The molecule has 2 rings (SSSR count). The average Bonchev–Trinajstić information content (AvgIpc) is 2.92. The Labute approximate surface area is 140 Å². The summed E-state index contributed by atoms with van der Waals surface area (Å²) in [7, 11) is 1.29. The molecule has 1 atom stereocenters. The van der Waals surface area contributed by atoms with Gasteiger partial charge in [0.2, 0.25) is 0 Å². The Kier molecular flexibility index (Phi) is 5.11. The largest absolute Gasteiger partial charge is 0.467 e. The number of carbonyl (C=O) groups excluding carboxylic acids is 2. The molecule has 0 aliphatic carbocycles. The number of hydrogen-bond acceptors (Lipinski definition) is 5. The van der Waals surface area contributed by atoms with Gasteiger partial charge in [0.15, 0.2) is 0 Å². The smallest absolute Gasteiger partial charge is 0.408 e. The van der Waals surface area contributed by atoms with Crippen LogP contribution in [-0.2, 0) is 20.7 Å². The fraction of sp³-hybridized carbons (Fsp3) is 0.471. The van der Waals surface area contributed by atoms with Crippen molar-refractivity contribution in [1.29, 1.82) is 0 Å². The molecule has 1 aromatic heterocycles. The number of benzene rings is 1. The highest BCUT2D eigenvalue weighted by Crippen LogP contribution is 2.19. The number of nitrogens with zero attached hydrogens (tertiary/aromatic N) is 1. The lowest BCUT2D eigenvalue weighted by molar-refractivity contribution is -0.143. The fourth-order valence-electron chi connectivity index (χ4n) is 2.45. The summed E-state index contributed by atoms with van der Waals surface area (Å²) in [5.74, 6) is -0.522. The lowest BCUT2D eigenvalue weighted by Gasteiger charge is -2.22. The molecule has 7 nitrogen and oxygen atoms in total. The number of nitrogens with one attached hydrogen (secondary N) is 2. The van der Waals surface area contributed by atoms with E-state index in [2.05, 4.69) is 15.5 Å². The third-order valence-corrected chi connectivity index (χ3v) is 3.42. The van der Waals surface area contributed by atoms with Gasteiger partial charge in [0.05, 0.1) is 18.8 Å². The van der Waals surface area contributed by atoms with E-state index in [4.69, 9.17) is 9.47 Å². The van der Waals surface area contributed by atoms with Crippen molar-refractivity contribution in [1.82, 2.24) is 15.5 Å². The van der Waals surface area contributed by atoms with Crippen LogP contribution in [0.15, 0.2) is 18.3 Å². The summed E-state index contributed by atoms with van der Waals surface area (Å²) in [6, 6.07) is 3.06. The first kappa shape index (κ1) is 17.8. The van der Waals surface area contributed by atoms with Crippen LogP contribution in [0.1, 0.15) is 31.9 Å². The lowest BCUT2D eigenvalue weighted by Crippen LogP contribution is -2.45. The predicted octanol–water partition coefficient (Wildman–Crippen LogP) is 2.48. The maximum atomic E-state index is 12.0. The molecule has 0 saturated heterocycles. The third-order valence-electron chi connectivity index (χ3n) is 3.42. The van der Waals surface area contributed by atoms with Gasteiger partial charge in [0, 0.05) is 11.8 Å². The number of fused-ring (bicyclic) bond motifs is 1. The van der Waals surface area contributed by atoms with Crippen LogP contribution in [0.4, 0.5) is 4.79 Å². The summed E-state index contributed by atoms with van der Waals surface area (Å²) in [5, 5.41) is 10.5. The Morgan fingerprint density at radius 1 is 1.33 bits per heavy atom. The number of alkyl carbamates (subject to hydrolysis) is 1. The number of hydrogen-bond donors (Lipinski definition) is 2. The molecule has 1 aromatic carbocycles. The molecule has 0 spiro atoms. The summed E-state index contributed by atoms with van der Waals surface area (Å²) in [5.41, 5.74) is 2.22. The zero-order valence-electron chi connectivity index (χ0n) is 14.6. The highest BCUT2D eigenvalue weighted by molar-refractivity contribution is 5.84.